The Morgan fingerprint density at radius 2 is 1.75 bits per heavy atom. The summed E-state index contributed by atoms with van der Waals surface area (Å²) in [5.41, 5.74) is 0.268. The summed E-state index contributed by atoms with van der Waals surface area (Å²) >= 11 is 0. The molecule has 1 saturated heterocycles. The van der Waals surface area contributed by atoms with E-state index < -0.39 is 5.79 Å². The second-order valence-electron chi connectivity index (χ2n) is 5.98. The van der Waals surface area contributed by atoms with Gasteiger partial charge in [0.15, 0.2) is 5.79 Å². The smallest absolute Gasteiger partial charge is 0.166 e. The van der Waals surface area contributed by atoms with Crippen LogP contribution in [0, 0.1) is 17.3 Å². The lowest BCUT2D eigenvalue weighted by atomic mass is 10.0. The predicted octanol–water partition coefficient (Wildman–Crippen LogP) is 2.39. The fraction of sp³-hybridized carbons (Fsp3) is 0.923. The van der Waals surface area contributed by atoms with Gasteiger partial charge in [-0.15, -0.1) is 0 Å². The van der Waals surface area contributed by atoms with Crippen molar-refractivity contribution in [2.45, 2.75) is 46.3 Å². The highest BCUT2D eigenvalue weighted by Crippen LogP contribution is 2.63. The Morgan fingerprint density at radius 1 is 1.19 bits per heavy atom. The molecule has 92 valence electrons. The average molecular weight is 226 g/mol. The number of Topliss-reactive ketones (excluding diaryl/α,β-unsaturated/α-hetero) is 1. The molecule has 0 aromatic heterocycles. The van der Waals surface area contributed by atoms with Crippen LogP contribution in [-0.4, -0.2) is 24.8 Å². The summed E-state index contributed by atoms with van der Waals surface area (Å²) in [5, 5.41) is 0. The van der Waals surface area contributed by atoms with Gasteiger partial charge in [0.2, 0.25) is 0 Å². The Hall–Kier alpha value is -0.410. The van der Waals surface area contributed by atoms with Gasteiger partial charge in [-0.2, -0.15) is 0 Å². The van der Waals surface area contributed by atoms with E-state index in [4.69, 9.17) is 9.47 Å². The summed E-state index contributed by atoms with van der Waals surface area (Å²) in [6, 6.07) is 0. The van der Waals surface area contributed by atoms with Gasteiger partial charge in [0.05, 0.1) is 13.2 Å². The molecule has 1 saturated carbocycles. The highest BCUT2D eigenvalue weighted by atomic mass is 16.7. The van der Waals surface area contributed by atoms with Crippen molar-refractivity contribution in [1.82, 2.24) is 0 Å². The number of carbonyl (C=O) groups excluding carboxylic acids is 1. The fourth-order valence-electron chi connectivity index (χ4n) is 3.05. The zero-order valence-corrected chi connectivity index (χ0v) is 10.7. The van der Waals surface area contributed by atoms with Gasteiger partial charge in [0.1, 0.15) is 5.78 Å². The largest absolute Gasteiger partial charge is 0.348 e. The van der Waals surface area contributed by atoms with Gasteiger partial charge < -0.3 is 14.3 Å². The van der Waals surface area contributed by atoms with E-state index in [2.05, 4.69) is 13.8 Å². The van der Waals surface area contributed by atoms with E-state index >= 15 is 0 Å². The fourth-order valence-corrected chi connectivity index (χ4v) is 3.05. The number of ketones is 1. The van der Waals surface area contributed by atoms with Crippen molar-refractivity contribution in [2.75, 3.05) is 13.2 Å². The highest BCUT2D eigenvalue weighted by Gasteiger charge is 2.59. The number of carbonyl (C=O) groups is 1. The molecule has 0 aromatic carbocycles. The molecule has 0 spiro atoms. The third-order valence-electron chi connectivity index (χ3n) is 4.28. The lowest BCUT2D eigenvalue weighted by Gasteiger charge is -2.22. The molecule has 16 heavy (non-hydrogen) atoms. The summed E-state index contributed by atoms with van der Waals surface area (Å²) in [7, 11) is 0. The molecule has 1 heterocycles. The van der Waals surface area contributed by atoms with E-state index in [0.29, 0.717) is 37.3 Å². The molecule has 1 aliphatic carbocycles. The number of hydrogen-bond donors (Lipinski definition) is 0. The molecular weight excluding hydrogens is 204 g/mol. The Morgan fingerprint density at radius 3 is 2.25 bits per heavy atom. The monoisotopic (exact) mass is 226 g/mol. The third-order valence-corrected chi connectivity index (χ3v) is 4.28. The molecule has 3 heteroatoms. The van der Waals surface area contributed by atoms with E-state index in [1.807, 2.05) is 6.92 Å². The summed E-state index contributed by atoms with van der Waals surface area (Å²) in [6.45, 7) is 9.56. The van der Waals surface area contributed by atoms with Crippen LogP contribution in [0.1, 0.15) is 40.5 Å². The van der Waals surface area contributed by atoms with Crippen LogP contribution in [0.3, 0.4) is 0 Å². The number of ether oxygens (including phenoxy) is 2. The van der Waals surface area contributed by atoms with Crippen molar-refractivity contribution < 1.29 is 14.3 Å². The Balaban J connectivity index is 1.93. The predicted molar refractivity (Wildman–Crippen MR) is 61.0 cm³/mol. The van der Waals surface area contributed by atoms with E-state index in [1.54, 1.807) is 6.92 Å². The van der Waals surface area contributed by atoms with Crippen molar-refractivity contribution in [3.63, 3.8) is 0 Å². The Labute approximate surface area is 97.5 Å². The molecule has 3 nitrogen and oxygen atoms in total. The molecular formula is C13H22O3. The highest BCUT2D eigenvalue weighted by molar-refractivity contribution is 5.76. The molecule has 2 rings (SSSR count). The van der Waals surface area contributed by atoms with Crippen molar-refractivity contribution in [2.24, 2.45) is 17.3 Å². The molecule has 2 fully saturated rings. The SMILES string of the molecule is CC(=O)C[C@@H]1[C@H](CC2(C)OCCO2)C1(C)C. The van der Waals surface area contributed by atoms with Crippen LogP contribution in [0.2, 0.25) is 0 Å². The number of hydrogen-bond acceptors (Lipinski definition) is 3. The maximum Gasteiger partial charge on any atom is 0.166 e. The lowest BCUT2D eigenvalue weighted by Crippen LogP contribution is -2.26. The van der Waals surface area contributed by atoms with Crippen LogP contribution < -0.4 is 0 Å². The Bertz CT molecular complexity index is 290. The Kier molecular flexibility index (Phi) is 2.87. The minimum Gasteiger partial charge on any atom is -0.348 e. The molecule has 0 unspecified atom stereocenters. The summed E-state index contributed by atoms with van der Waals surface area (Å²) < 4.78 is 11.3. The normalized spacial score (nSPS) is 35.0. The molecule has 0 bridgehead atoms. The van der Waals surface area contributed by atoms with Crippen LogP contribution in [-0.2, 0) is 14.3 Å². The molecule has 1 aliphatic heterocycles. The number of rotatable bonds is 4. The molecule has 0 radical (unpaired) electrons. The van der Waals surface area contributed by atoms with E-state index in [-0.39, 0.29) is 5.41 Å². The first-order valence-corrected chi connectivity index (χ1v) is 6.12. The first-order chi connectivity index (χ1) is 7.35. The summed E-state index contributed by atoms with van der Waals surface area (Å²) in [5.74, 6) is 0.945. The van der Waals surface area contributed by atoms with Gasteiger partial charge in [0.25, 0.3) is 0 Å². The maximum absolute atomic E-state index is 11.2. The summed E-state index contributed by atoms with van der Waals surface area (Å²) in [4.78, 5) is 11.2. The zero-order chi connectivity index (χ0) is 12.0. The third kappa shape index (κ3) is 2.16. The first kappa shape index (κ1) is 12.1. The lowest BCUT2D eigenvalue weighted by molar-refractivity contribution is -0.151. The van der Waals surface area contributed by atoms with Crippen LogP contribution in [0.5, 0.6) is 0 Å². The van der Waals surface area contributed by atoms with Crippen molar-refractivity contribution in [3.05, 3.63) is 0 Å². The molecule has 0 N–H and O–H groups in total. The maximum atomic E-state index is 11.2. The van der Waals surface area contributed by atoms with Crippen molar-refractivity contribution in [1.29, 1.82) is 0 Å². The van der Waals surface area contributed by atoms with Crippen LogP contribution in [0.4, 0.5) is 0 Å². The van der Waals surface area contributed by atoms with E-state index in [0.717, 1.165) is 6.42 Å². The van der Waals surface area contributed by atoms with Gasteiger partial charge in [-0.05, 0) is 31.1 Å². The standard InChI is InChI=1S/C13H22O3/c1-9(14)7-10-11(12(10,2)3)8-13(4)15-5-6-16-13/h10-11H,5-8H2,1-4H3/t10-,11+/m1/s1. The van der Waals surface area contributed by atoms with Gasteiger partial charge in [-0.1, -0.05) is 13.8 Å². The average Bonchev–Trinajstić information content (AvgIpc) is 2.56. The topological polar surface area (TPSA) is 35.5 Å². The molecule has 0 amide bonds. The van der Waals surface area contributed by atoms with E-state index in [1.165, 1.54) is 0 Å². The molecule has 2 atom stereocenters. The van der Waals surface area contributed by atoms with Crippen molar-refractivity contribution in [3.8, 4) is 0 Å². The van der Waals surface area contributed by atoms with Crippen LogP contribution >= 0.6 is 0 Å². The van der Waals surface area contributed by atoms with Gasteiger partial charge in [-0.3, -0.25) is 0 Å². The second-order valence-corrected chi connectivity index (χ2v) is 5.98. The van der Waals surface area contributed by atoms with Crippen molar-refractivity contribution >= 4 is 5.78 Å². The van der Waals surface area contributed by atoms with Gasteiger partial charge in [-0.25, -0.2) is 0 Å². The quantitative estimate of drug-likeness (QED) is 0.738. The van der Waals surface area contributed by atoms with Gasteiger partial charge in [0, 0.05) is 12.8 Å². The molecule has 0 aromatic rings. The van der Waals surface area contributed by atoms with Crippen LogP contribution in [0.15, 0.2) is 0 Å². The van der Waals surface area contributed by atoms with Gasteiger partial charge >= 0.3 is 0 Å². The van der Waals surface area contributed by atoms with Crippen LogP contribution in [0.25, 0.3) is 0 Å². The minimum atomic E-state index is -0.409. The molecule has 2 aliphatic rings. The second kappa shape index (κ2) is 3.81. The minimum absolute atomic E-state index is 0.268. The first-order valence-electron chi connectivity index (χ1n) is 6.12. The zero-order valence-electron chi connectivity index (χ0n) is 10.7. The summed E-state index contributed by atoms with van der Waals surface area (Å²) in [6.07, 6.45) is 1.62. The van der Waals surface area contributed by atoms with E-state index in [9.17, 15) is 4.79 Å².